The molecule has 0 radical (unpaired) electrons. The second-order valence-corrected chi connectivity index (χ2v) is 2.45. The van der Waals surface area contributed by atoms with Gasteiger partial charge in [0, 0.05) is 0 Å². The van der Waals surface area contributed by atoms with Gasteiger partial charge in [-0.05, 0) is 24.1 Å². The molecule has 11 heavy (non-hydrogen) atoms. The van der Waals surface area contributed by atoms with E-state index in [4.69, 9.17) is 4.74 Å². The summed E-state index contributed by atoms with van der Waals surface area (Å²) in [5.41, 5.74) is 2.07. The lowest BCUT2D eigenvalue weighted by molar-refractivity contribution is 0.287. The Morgan fingerprint density at radius 1 is 1.45 bits per heavy atom. The SMILES string of the molecule is C=C1/C=C\C=C/CO/C=C\1C. The summed E-state index contributed by atoms with van der Waals surface area (Å²) in [6.45, 7) is 6.49. The fourth-order valence-electron chi connectivity index (χ4n) is 0.742. The van der Waals surface area contributed by atoms with Crippen LogP contribution in [0.15, 0.2) is 48.3 Å². The van der Waals surface area contributed by atoms with Crippen molar-refractivity contribution in [1.82, 2.24) is 0 Å². The van der Waals surface area contributed by atoms with Crippen LogP contribution in [0.4, 0.5) is 0 Å². The van der Waals surface area contributed by atoms with Gasteiger partial charge in [-0.25, -0.2) is 0 Å². The smallest absolute Gasteiger partial charge is 0.106 e. The number of hydrogen-bond donors (Lipinski definition) is 0. The molecule has 0 spiro atoms. The second-order valence-electron chi connectivity index (χ2n) is 2.45. The summed E-state index contributed by atoms with van der Waals surface area (Å²) in [7, 11) is 0. The molecule has 1 heteroatoms. The molecular weight excluding hydrogens is 136 g/mol. The Morgan fingerprint density at radius 3 is 3.09 bits per heavy atom. The van der Waals surface area contributed by atoms with E-state index in [1.807, 2.05) is 31.2 Å². The first-order valence-electron chi connectivity index (χ1n) is 3.61. The molecule has 0 saturated carbocycles. The van der Waals surface area contributed by atoms with Crippen LogP contribution in [0.25, 0.3) is 0 Å². The van der Waals surface area contributed by atoms with Crippen LogP contribution in [0.2, 0.25) is 0 Å². The van der Waals surface area contributed by atoms with E-state index in [1.165, 1.54) is 0 Å². The van der Waals surface area contributed by atoms with Gasteiger partial charge in [0.15, 0.2) is 0 Å². The molecule has 1 rings (SSSR count). The number of ether oxygens (including phenoxy) is 1. The number of rotatable bonds is 0. The zero-order valence-electron chi connectivity index (χ0n) is 6.71. The van der Waals surface area contributed by atoms with E-state index in [2.05, 4.69) is 6.58 Å². The average Bonchev–Trinajstić information content (AvgIpc) is 2.07. The molecule has 0 aliphatic carbocycles. The molecular formula is C10H12O. The van der Waals surface area contributed by atoms with Crippen LogP contribution < -0.4 is 0 Å². The summed E-state index contributed by atoms with van der Waals surface area (Å²) in [5, 5.41) is 0. The standard InChI is InChI=1S/C10H12O/c1-9-6-4-3-5-7-11-8-10(9)2/h3-6,8H,1,7H2,2H3/b5-3-,6-4-,10-8-. The molecule has 0 amide bonds. The first-order valence-corrected chi connectivity index (χ1v) is 3.61. The molecule has 0 unspecified atom stereocenters. The van der Waals surface area contributed by atoms with Gasteiger partial charge in [-0.3, -0.25) is 0 Å². The van der Waals surface area contributed by atoms with Crippen molar-refractivity contribution in [3.05, 3.63) is 48.3 Å². The lowest BCUT2D eigenvalue weighted by Gasteiger charge is -1.99. The highest BCUT2D eigenvalue weighted by atomic mass is 16.5. The predicted octanol–water partition coefficient (Wildman–Crippen LogP) is 2.59. The van der Waals surface area contributed by atoms with E-state index in [9.17, 15) is 0 Å². The van der Waals surface area contributed by atoms with E-state index < -0.39 is 0 Å². The summed E-state index contributed by atoms with van der Waals surface area (Å²) in [5.74, 6) is 0. The Kier molecular flexibility index (Phi) is 2.73. The van der Waals surface area contributed by atoms with Crippen LogP contribution >= 0.6 is 0 Å². The third kappa shape index (κ3) is 2.46. The van der Waals surface area contributed by atoms with Gasteiger partial charge in [0.05, 0.1) is 6.26 Å². The molecule has 0 aromatic heterocycles. The van der Waals surface area contributed by atoms with Gasteiger partial charge in [-0.1, -0.05) is 24.8 Å². The second kappa shape index (κ2) is 3.81. The van der Waals surface area contributed by atoms with Gasteiger partial charge in [-0.15, -0.1) is 0 Å². The van der Waals surface area contributed by atoms with Crippen molar-refractivity contribution in [3.8, 4) is 0 Å². The van der Waals surface area contributed by atoms with Gasteiger partial charge >= 0.3 is 0 Å². The topological polar surface area (TPSA) is 9.23 Å². The fraction of sp³-hybridized carbons (Fsp3) is 0.200. The first kappa shape index (κ1) is 7.86. The minimum Gasteiger partial charge on any atom is -0.497 e. The van der Waals surface area contributed by atoms with Crippen LogP contribution in [0.5, 0.6) is 0 Å². The molecule has 1 aliphatic heterocycles. The van der Waals surface area contributed by atoms with E-state index >= 15 is 0 Å². The maximum absolute atomic E-state index is 5.19. The largest absolute Gasteiger partial charge is 0.497 e. The van der Waals surface area contributed by atoms with Crippen molar-refractivity contribution in [2.24, 2.45) is 0 Å². The van der Waals surface area contributed by atoms with Crippen LogP contribution in [-0.4, -0.2) is 6.61 Å². The summed E-state index contributed by atoms with van der Waals surface area (Å²) in [6.07, 6.45) is 9.59. The van der Waals surface area contributed by atoms with Crippen LogP contribution in [0.1, 0.15) is 6.92 Å². The van der Waals surface area contributed by atoms with Crippen molar-refractivity contribution >= 4 is 0 Å². The van der Waals surface area contributed by atoms with E-state index in [-0.39, 0.29) is 0 Å². The molecule has 1 aliphatic rings. The van der Waals surface area contributed by atoms with Gasteiger partial charge in [0.2, 0.25) is 0 Å². The number of hydrogen-bond acceptors (Lipinski definition) is 1. The van der Waals surface area contributed by atoms with Gasteiger partial charge < -0.3 is 4.74 Å². The van der Waals surface area contributed by atoms with Crippen molar-refractivity contribution in [3.63, 3.8) is 0 Å². The normalized spacial score (nSPS) is 28.5. The zero-order valence-corrected chi connectivity index (χ0v) is 6.71. The van der Waals surface area contributed by atoms with Crippen molar-refractivity contribution < 1.29 is 4.74 Å². The summed E-state index contributed by atoms with van der Waals surface area (Å²) in [4.78, 5) is 0. The lowest BCUT2D eigenvalue weighted by atomic mass is 10.1. The number of allylic oxidation sites excluding steroid dienone is 5. The Balaban J connectivity index is 2.77. The summed E-state index contributed by atoms with van der Waals surface area (Å²) < 4.78 is 5.19. The lowest BCUT2D eigenvalue weighted by Crippen LogP contribution is -1.83. The molecule has 0 bridgehead atoms. The van der Waals surface area contributed by atoms with Crippen molar-refractivity contribution in [2.45, 2.75) is 6.92 Å². The van der Waals surface area contributed by atoms with Crippen LogP contribution in [0, 0.1) is 0 Å². The van der Waals surface area contributed by atoms with Crippen molar-refractivity contribution in [2.75, 3.05) is 6.61 Å². The quantitative estimate of drug-likeness (QED) is 0.513. The average molecular weight is 148 g/mol. The highest BCUT2D eigenvalue weighted by molar-refractivity contribution is 5.36. The summed E-state index contributed by atoms with van der Waals surface area (Å²) in [6, 6.07) is 0. The minimum atomic E-state index is 0.634. The highest BCUT2D eigenvalue weighted by Gasteiger charge is 1.92. The fourth-order valence-corrected chi connectivity index (χ4v) is 0.742. The molecule has 0 fully saturated rings. The minimum absolute atomic E-state index is 0.634. The molecule has 0 atom stereocenters. The van der Waals surface area contributed by atoms with Gasteiger partial charge in [-0.2, -0.15) is 0 Å². The summed E-state index contributed by atoms with van der Waals surface area (Å²) >= 11 is 0. The van der Waals surface area contributed by atoms with Crippen molar-refractivity contribution in [1.29, 1.82) is 0 Å². The van der Waals surface area contributed by atoms with Gasteiger partial charge in [0.1, 0.15) is 6.61 Å². The molecule has 58 valence electrons. The van der Waals surface area contributed by atoms with Crippen LogP contribution in [-0.2, 0) is 4.74 Å². The zero-order chi connectivity index (χ0) is 8.10. The van der Waals surface area contributed by atoms with E-state index in [0.717, 1.165) is 11.1 Å². The van der Waals surface area contributed by atoms with Crippen LogP contribution in [0.3, 0.4) is 0 Å². The Hall–Kier alpha value is -1.24. The third-order valence-corrected chi connectivity index (χ3v) is 1.50. The maximum atomic E-state index is 5.19. The Bertz CT molecular complexity index is 231. The molecule has 0 saturated heterocycles. The molecule has 1 heterocycles. The third-order valence-electron chi connectivity index (χ3n) is 1.50. The molecule has 0 N–H and O–H groups in total. The van der Waals surface area contributed by atoms with E-state index in [0.29, 0.717) is 6.61 Å². The Morgan fingerprint density at radius 2 is 2.27 bits per heavy atom. The highest BCUT2D eigenvalue weighted by Crippen LogP contribution is 2.09. The van der Waals surface area contributed by atoms with E-state index in [1.54, 1.807) is 6.26 Å². The molecule has 1 nitrogen and oxygen atoms in total. The molecule has 0 aromatic rings. The first-order chi connectivity index (χ1) is 5.30. The Labute approximate surface area is 67.4 Å². The van der Waals surface area contributed by atoms with Gasteiger partial charge in [0.25, 0.3) is 0 Å². The predicted molar refractivity (Wildman–Crippen MR) is 47.1 cm³/mol. The molecule has 0 aromatic carbocycles. The maximum Gasteiger partial charge on any atom is 0.106 e. The monoisotopic (exact) mass is 148 g/mol.